The minimum Gasteiger partial charge on any atom is -0.323 e. The Labute approximate surface area is 130 Å². The molecule has 0 spiro atoms. The van der Waals surface area contributed by atoms with Crippen molar-refractivity contribution in [2.75, 3.05) is 33.2 Å². The Hall–Kier alpha value is -0.900. The third-order valence-electron chi connectivity index (χ3n) is 4.76. The molecule has 3 nitrogen and oxygen atoms in total. The van der Waals surface area contributed by atoms with Crippen molar-refractivity contribution in [3.63, 3.8) is 0 Å². The van der Waals surface area contributed by atoms with Crippen molar-refractivity contribution in [1.82, 2.24) is 9.80 Å². The quantitative estimate of drug-likeness (QED) is 0.925. The predicted octanol–water partition coefficient (Wildman–Crippen LogP) is 2.72. The Morgan fingerprint density at radius 3 is 2.76 bits per heavy atom. The van der Waals surface area contributed by atoms with Gasteiger partial charge in [0.25, 0.3) is 0 Å². The molecule has 118 valence electrons. The van der Waals surface area contributed by atoms with E-state index >= 15 is 0 Å². The Kier molecular flexibility index (Phi) is 5.80. The number of benzene rings is 1. The molecule has 0 radical (unpaired) electrons. The van der Waals surface area contributed by atoms with Crippen LogP contribution in [0.15, 0.2) is 18.2 Å². The van der Waals surface area contributed by atoms with Gasteiger partial charge in [0, 0.05) is 25.2 Å². The Bertz CT molecular complexity index is 458. The van der Waals surface area contributed by atoms with Gasteiger partial charge in [-0.25, -0.2) is 0 Å². The van der Waals surface area contributed by atoms with E-state index in [1.165, 1.54) is 42.6 Å². The largest absolute Gasteiger partial charge is 0.323 e. The lowest BCUT2D eigenvalue weighted by Gasteiger charge is -2.32. The van der Waals surface area contributed by atoms with E-state index in [4.69, 9.17) is 5.73 Å². The lowest BCUT2D eigenvalue weighted by molar-refractivity contribution is 0.174. The summed E-state index contributed by atoms with van der Waals surface area (Å²) in [5.74, 6) is 0. The first-order chi connectivity index (χ1) is 10.0. The highest BCUT2D eigenvalue weighted by Crippen LogP contribution is 2.21. The van der Waals surface area contributed by atoms with Crippen LogP contribution >= 0.6 is 0 Å². The van der Waals surface area contributed by atoms with E-state index in [1.54, 1.807) is 0 Å². The van der Waals surface area contributed by atoms with E-state index in [0.717, 1.165) is 13.1 Å². The molecule has 1 aromatic rings. The van der Waals surface area contributed by atoms with Crippen LogP contribution in [0.25, 0.3) is 0 Å². The lowest BCUT2D eigenvalue weighted by Crippen LogP contribution is -2.43. The molecule has 1 aliphatic rings. The zero-order valence-corrected chi connectivity index (χ0v) is 14.1. The molecule has 0 aliphatic carbocycles. The summed E-state index contributed by atoms with van der Waals surface area (Å²) in [5.41, 5.74) is 10.5. The van der Waals surface area contributed by atoms with E-state index in [-0.39, 0.29) is 6.04 Å². The fourth-order valence-electron chi connectivity index (χ4n) is 3.43. The molecular formula is C18H31N3. The molecule has 2 unspecified atom stereocenters. The Balaban J connectivity index is 2.09. The fourth-order valence-corrected chi connectivity index (χ4v) is 3.43. The number of nitrogens with zero attached hydrogens (tertiary/aromatic N) is 2. The van der Waals surface area contributed by atoms with Crippen molar-refractivity contribution in [3.8, 4) is 0 Å². The van der Waals surface area contributed by atoms with E-state index in [1.807, 2.05) is 0 Å². The number of aryl methyl sites for hydroxylation is 2. The number of likely N-dealkylation sites (N-methyl/N-ethyl adjacent to an activating group) is 1. The summed E-state index contributed by atoms with van der Waals surface area (Å²) in [6.07, 6.45) is 2.44. The maximum absolute atomic E-state index is 6.54. The molecule has 21 heavy (non-hydrogen) atoms. The van der Waals surface area contributed by atoms with Crippen molar-refractivity contribution in [2.24, 2.45) is 5.73 Å². The molecule has 2 N–H and O–H groups in total. The first kappa shape index (κ1) is 16.5. The Morgan fingerprint density at radius 1 is 1.29 bits per heavy atom. The average Bonchev–Trinajstić information content (AvgIpc) is 2.63. The van der Waals surface area contributed by atoms with Crippen LogP contribution in [0.3, 0.4) is 0 Å². The lowest BCUT2D eigenvalue weighted by atomic mass is 9.98. The summed E-state index contributed by atoms with van der Waals surface area (Å²) in [7, 11) is 2.23. The van der Waals surface area contributed by atoms with Gasteiger partial charge in [-0.2, -0.15) is 0 Å². The average molecular weight is 289 g/mol. The van der Waals surface area contributed by atoms with Crippen LogP contribution in [0, 0.1) is 13.8 Å². The zero-order chi connectivity index (χ0) is 15.4. The van der Waals surface area contributed by atoms with Gasteiger partial charge in [-0.05, 0) is 58.0 Å². The normalized spacial score (nSPS) is 23.0. The van der Waals surface area contributed by atoms with Gasteiger partial charge >= 0.3 is 0 Å². The molecule has 0 saturated carbocycles. The van der Waals surface area contributed by atoms with Crippen molar-refractivity contribution in [2.45, 2.75) is 45.7 Å². The molecular weight excluding hydrogens is 258 g/mol. The summed E-state index contributed by atoms with van der Waals surface area (Å²) in [4.78, 5) is 5.06. The van der Waals surface area contributed by atoms with Gasteiger partial charge in [-0.3, -0.25) is 4.90 Å². The smallest absolute Gasteiger partial charge is 0.0427 e. The first-order valence-corrected chi connectivity index (χ1v) is 8.26. The van der Waals surface area contributed by atoms with E-state index in [9.17, 15) is 0 Å². The van der Waals surface area contributed by atoms with Gasteiger partial charge in [0.15, 0.2) is 0 Å². The predicted molar refractivity (Wildman–Crippen MR) is 90.6 cm³/mol. The summed E-state index contributed by atoms with van der Waals surface area (Å²) >= 11 is 0. The van der Waals surface area contributed by atoms with Crippen LogP contribution in [0.5, 0.6) is 0 Å². The fraction of sp³-hybridized carbons (Fsp3) is 0.667. The molecule has 0 amide bonds. The molecule has 2 rings (SSSR count). The molecule has 1 aromatic carbocycles. The SMILES string of the molecule is CCC1CN(C)CCCN1CC(N)c1cc(C)ccc1C. The van der Waals surface area contributed by atoms with Gasteiger partial charge in [0.05, 0.1) is 0 Å². The topological polar surface area (TPSA) is 32.5 Å². The van der Waals surface area contributed by atoms with Gasteiger partial charge in [0.2, 0.25) is 0 Å². The molecule has 1 saturated heterocycles. The molecule has 0 aromatic heterocycles. The highest BCUT2D eigenvalue weighted by Gasteiger charge is 2.24. The minimum atomic E-state index is 0.113. The van der Waals surface area contributed by atoms with Gasteiger partial charge in [0.1, 0.15) is 0 Å². The third-order valence-corrected chi connectivity index (χ3v) is 4.76. The summed E-state index contributed by atoms with van der Waals surface area (Å²) < 4.78 is 0. The zero-order valence-electron chi connectivity index (χ0n) is 14.1. The molecule has 3 heteroatoms. The van der Waals surface area contributed by atoms with Crippen molar-refractivity contribution >= 4 is 0 Å². The van der Waals surface area contributed by atoms with Gasteiger partial charge < -0.3 is 10.6 Å². The number of rotatable bonds is 4. The van der Waals surface area contributed by atoms with Crippen LogP contribution in [0.4, 0.5) is 0 Å². The van der Waals surface area contributed by atoms with E-state index in [0.29, 0.717) is 6.04 Å². The second kappa shape index (κ2) is 7.39. The second-order valence-electron chi connectivity index (χ2n) is 6.64. The minimum absolute atomic E-state index is 0.113. The van der Waals surface area contributed by atoms with Crippen LogP contribution in [-0.4, -0.2) is 49.1 Å². The van der Waals surface area contributed by atoms with E-state index in [2.05, 4.69) is 55.8 Å². The van der Waals surface area contributed by atoms with Crippen molar-refractivity contribution in [1.29, 1.82) is 0 Å². The van der Waals surface area contributed by atoms with Gasteiger partial charge in [-0.1, -0.05) is 30.7 Å². The summed E-state index contributed by atoms with van der Waals surface area (Å²) in [5, 5.41) is 0. The molecule has 2 atom stereocenters. The molecule has 1 aliphatic heterocycles. The van der Waals surface area contributed by atoms with Crippen LogP contribution < -0.4 is 5.73 Å². The summed E-state index contributed by atoms with van der Waals surface area (Å²) in [6.45, 7) is 11.1. The van der Waals surface area contributed by atoms with Crippen molar-refractivity contribution in [3.05, 3.63) is 34.9 Å². The molecule has 0 bridgehead atoms. The third kappa shape index (κ3) is 4.29. The number of hydrogen-bond acceptors (Lipinski definition) is 3. The summed E-state index contributed by atoms with van der Waals surface area (Å²) in [6, 6.07) is 7.36. The molecule has 1 heterocycles. The molecule has 1 fully saturated rings. The van der Waals surface area contributed by atoms with Crippen LogP contribution in [0.1, 0.15) is 42.5 Å². The standard InChI is InChI=1S/C18H31N3/c1-5-16-12-20(4)9-6-10-21(16)13-18(19)17-11-14(2)7-8-15(17)3/h7-8,11,16,18H,5-6,9-10,12-13,19H2,1-4H3. The first-order valence-electron chi connectivity index (χ1n) is 8.26. The maximum Gasteiger partial charge on any atom is 0.0427 e. The highest BCUT2D eigenvalue weighted by molar-refractivity contribution is 5.33. The number of hydrogen-bond donors (Lipinski definition) is 1. The van der Waals surface area contributed by atoms with Crippen LogP contribution in [-0.2, 0) is 0 Å². The van der Waals surface area contributed by atoms with Gasteiger partial charge in [-0.15, -0.1) is 0 Å². The highest BCUT2D eigenvalue weighted by atomic mass is 15.2. The van der Waals surface area contributed by atoms with Crippen molar-refractivity contribution < 1.29 is 0 Å². The Morgan fingerprint density at radius 2 is 2.05 bits per heavy atom. The van der Waals surface area contributed by atoms with Crippen LogP contribution in [0.2, 0.25) is 0 Å². The second-order valence-corrected chi connectivity index (χ2v) is 6.64. The number of nitrogens with two attached hydrogens (primary N) is 1. The van der Waals surface area contributed by atoms with E-state index < -0.39 is 0 Å². The maximum atomic E-state index is 6.54. The monoisotopic (exact) mass is 289 g/mol.